The first-order valence-electron chi connectivity index (χ1n) is 4.92. The van der Waals surface area contributed by atoms with Crippen LogP contribution in [0.2, 0.25) is 0 Å². The zero-order valence-corrected chi connectivity index (χ0v) is 9.83. The lowest BCUT2D eigenvalue weighted by molar-refractivity contribution is -0.0343. The molecule has 5 heteroatoms. The summed E-state index contributed by atoms with van der Waals surface area (Å²) in [5.41, 5.74) is 1.07. The molecule has 0 radical (unpaired) electrons. The van der Waals surface area contributed by atoms with E-state index in [0.29, 0.717) is 6.10 Å². The van der Waals surface area contributed by atoms with Gasteiger partial charge in [0.2, 0.25) is 0 Å². The molecule has 1 saturated heterocycles. The minimum atomic E-state index is 0.402. The zero-order chi connectivity index (χ0) is 10.7. The van der Waals surface area contributed by atoms with Crippen LogP contribution in [-0.4, -0.2) is 47.4 Å². The van der Waals surface area contributed by atoms with Crippen molar-refractivity contribution in [1.29, 1.82) is 0 Å². The van der Waals surface area contributed by atoms with E-state index in [2.05, 4.69) is 14.9 Å². The van der Waals surface area contributed by atoms with Crippen molar-refractivity contribution < 1.29 is 4.74 Å². The number of hydrogen-bond acceptors (Lipinski definition) is 5. The molecule has 0 unspecified atom stereocenters. The Kier molecular flexibility index (Phi) is 3.56. The van der Waals surface area contributed by atoms with Crippen molar-refractivity contribution in [1.82, 2.24) is 14.9 Å². The fourth-order valence-corrected chi connectivity index (χ4v) is 2.16. The summed E-state index contributed by atoms with van der Waals surface area (Å²) in [5.74, 6) is 0. The van der Waals surface area contributed by atoms with Crippen LogP contribution in [0.1, 0.15) is 5.69 Å². The molecule has 2 heterocycles. The van der Waals surface area contributed by atoms with Gasteiger partial charge in [0.25, 0.3) is 0 Å². The summed E-state index contributed by atoms with van der Waals surface area (Å²) >= 11 is 1.65. The van der Waals surface area contributed by atoms with Gasteiger partial charge in [-0.05, 0) is 6.26 Å². The quantitative estimate of drug-likeness (QED) is 0.716. The van der Waals surface area contributed by atoms with E-state index in [9.17, 15) is 0 Å². The highest BCUT2D eigenvalue weighted by Gasteiger charge is 2.27. The second-order valence-electron chi connectivity index (χ2n) is 3.56. The van der Waals surface area contributed by atoms with Gasteiger partial charge in [-0.1, -0.05) is 0 Å². The van der Waals surface area contributed by atoms with E-state index in [1.54, 1.807) is 31.3 Å². The molecule has 0 N–H and O–H groups in total. The molecule has 0 atom stereocenters. The fraction of sp³-hybridized carbons (Fsp3) is 0.600. The summed E-state index contributed by atoms with van der Waals surface area (Å²) in [4.78, 5) is 11.0. The molecule has 1 aromatic heterocycles. The third kappa shape index (κ3) is 2.48. The van der Waals surface area contributed by atoms with Crippen molar-refractivity contribution in [2.75, 3.05) is 26.5 Å². The number of hydrogen-bond donors (Lipinski definition) is 0. The van der Waals surface area contributed by atoms with Crippen molar-refractivity contribution in [2.24, 2.45) is 0 Å². The normalized spacial score (nSPS) is 17.7. The Bertz CT molecular complexity index is 328. The molecule has 0 amide bonds. The summed E-state index contributed by atoms with van der Waals surface area (Å²) in [5, 5.41) is 1.03. The molecule has 15 heavy (non-hydrogen) atoms. The summed E-state index contributed by atoms with van der Waals surface area (Å²) in [6.07, 6.45) is 5.92. The molecule has 1 aliphatic rings. The molecule has 0 saturated carbocycles. The summed E-state index contributed by atoms with van der Waals surface area (Å²) in [7, 11) is 1.76. The van der Waals surface area contributed by atoms with Gasteiger partial charge in [0.1, 0.15) is 5.03 Å². The molecule has 82 valence electrons. The van der Waals surface area contributed by atoms with Gasteiger partial charge in [-0.3, -0.25) is 9.88 Å². The van der Waals surface area contributed by atoms with Crippen molar-refractivity contribution in [3.63, 3.8) is 0 Å². The van der Waals surface area contributed by atoms with Gasteiger partial charge < -0.3 is 4.74 Å². The smallest absolute Gasteiger partial charge is 0.119 e. The number of thioether (sulfide) groups is 1. The van der Waals surface area contributed by atoms with Crippen LogP contribution in [0.3, 0.4) is 0 Å². The Morgan fingerprint density at radius 2 is 2.20 bits per heavy atom. The monoisotopic (exact) mass is 225 g/mol. The van der Waals surface area contributed by atoms with E-state index >= 15 is 0 Å². The number of ether oxygens (including phenoxy) is 1. The number of nitrogens with zero attached hydrogens (tertiary/aromatic N) is 3. The van der Waals surface area contributed by atoms with Crippen LogP contribution in [0.5, 0.6) is 0 Å². The predicted octanol–water partition coefficient (Wildman–Crippen LogP) is 1.03. The van der Waals surface area contributed by atoms with E-state index in [4.69, 9.17) is 4.74 Å². The Labute approximate surface area is 94.1 Å². The van der Waals surface area contributed by atoms with Gasteiger partial charge in [0.15, 0.2) is 0 Å². The van der Waals surface area contributed by atoms with Crippen LogP contribution in [-0.2, 0) is 11.3 Å². The second-order valence-corrected chi connectivity index (χ2v) is 4.36. The maximum absolute atomic E-state index is 5.23. The maximum Gasteiger partial charge on any atom is 0.119 e. The van der Waals surface area contributed by atoms with E-state index in [1.165, 1.54) is 0 Å². The Morgan fingerprint density at radius 3 is 2.87 bits per heavy atom. The fourth-order valence-electron chi connectivity index (χ4n) is 1.65. The Morgan fingerprint density at radius 1 is 1.47 bits per heavy atom. The molecule has 0 aromatic carbocycles. The first kappa shape index (κ1) is 10.9. The molecule has 1 aromatic rings. The molecule has 4 nitrogen and oxygen atoms in total. The highest BCUT2D eigenvalue weighted by molar-refractivity contribution is 7.98. The van der Waals surface area contributed by atoms with Crippen LogP contribution < -0.4 is 0 Å². The summed E-state index contributed by atoms with van der Waals surface area (Å²) in [6, 6.07) is 0. The topological polar surface area (TPSA) is 38.2 Å². The van der Waals surface area contributed by atoms with E-state index in [1.807, 2.05) is 6.26 Å². The Hall–Kier alpha value is -0.650. The Balaban J connectivity index is 1.94. The lowest BCUT2D eigenvalue weighted by Crippen LogP contribution is -2.51. The van der Waals surface area contributed by atoms with Crippen LogP contribution in [0.25, 0.3) is 0 Å². The molecule has 0 bridgehead atoms. The van der Waals surface area contributed by atoms with Gasteiger partial charge in [0, 0.05) is 39.1 Å². The first-order valence-corrected chi connectivity index (χ1v) is 6.15. The molecule has 1 aliphatic heterocycles. The first-order chi connectivity index (χ1) is 7.33. The van der Waals surface area contributed by atoms with Gasteiger partial charge in [-0.25, -0.2) is 4.98 Å². The average molecular weight is 225 g/mol. The average Bonchev–Trinajstić information content (AvgIpc) is 2.23. The lowest BCUT2D eigenvalue weighted by Gasteiger charge is -2.37. The molecular weight excluding hydrogens is 210 g/mol. The molecular formula is C10H15N3OS. The van der Waals surface area contributed by atoms with Gasteiger partial charge in [0.05, 0.1) is 11.8 Å². The number of aromatic nitrogens is 2. The van der Waals surface area contributed by atoms with Crippen molar-refractivity contribution in [3.8, 4) is 0 Å². The summed E-state index contributed by atoms with van der Waals surface area (Å²) in [6.45, 7) is 2.88. The van der Waals surface area contributed by atoms with Crippen molar-refractivity contribution in [2.45, 2.75) is 17.7 Å². The third-order valence-electron chi connectivity index (χ3n) is 2.56. The highest BCUT2D eigenvalue weighted by Crippen LogP contribution is 2.19. The maximum atomic E-state index is 5.23. The third-order valence-corrected chi connectivity index (χ3v) is 3.29. The SMILES string of the molecule is COC1CN(Cc2nccnc2SC)C1. The number of likely N-dealkylation sites (tertiary alicyclic amines) is 1. The lowest BCUT2D eigenvalue weighted by atomic mass is 10.1. The van der Waals surface area contributed by atoms with Crippen LogP contribution >= 0.6 is 11.8 Å². The predicted molar refractivity (Wildman–Crippen MR) is 59.9 cm³/mol. The van der Waals surface area contributed by atoms with Gasteiger partial charge in [-0.2, -0.15) is 0 Å². The molecule has 1 fully saturated rings. The van der Waals surface area contributed by atoms with Gasteiger partial charge in [-0.15, -0.1) is 11.8 Å². The van der Waals surface area contributed by atoms with Gasteiger partial charge >= 0.3 is 0 Å². The summed E-state index contributed by atoms with van der Waals surface area (Å²) < 4.78 is 5.23. The second kappa shape index (κ2) is 4.92. The molecule has 0 aliphatic carbocycles. The van der Waals surface area contributed by atoms with Crippen molar-refractivity contribution in [3.05, 3.63) is 18.1 Å². The van der Waals surface area contributed by atoms with E-state index in [-0.39, 0.29) is 0 Å². The van der Waals surface area contributed by atoms with E-state index < -0.39 is 0 Å². The minimum Gasteiger partial charge on any atom is -0.379 e. The van der Waals surface area contributed by atoms with Crippen LogP contribution in [0.15, 0.2) is 17.4 Å². The molecule has 0 spiro atoms. The van der Waals surface area contributed by atoms with Crippen LogP contribution in [0, 0.1) is 0 Å². The standard InChI is InChI=1S/C10H15N3OS/c1-14-8-5-13(6-8)7-9-10(15-2)12-4-3-11-9/h3-4,8H,5-7H2,1-2H3. The largest absolute Gasteiger partial charge is 0.379 e. The van der Waals surface area contributed by atoms with Crippen LogP contribution in [0.4, 0.5) is 0 Å². The zero-order valence-electron chi connectivity index (χ0n) is 9.01. The molecule has 2 rings (SSSR count). The highest BCUT2D eigenvalue weighted by atomic mass is 32.2. The minimum absolute atomic E-state index is 0.402. The van der Waals surface area contributed by atoms with Crippen molar-refractivity contribution >= 4 is 11.8 Å². The number of rotatable bonds is 4. The number of methoxy groups -OCH3 is 1. The van der Waals surface area contributed by atoms with E-state index in [0.717, 1.165) is 30.4 Å².